The average Bonchev–Trinajstić information content (AvgIpc) is 2.43. The number of hydrogen-bond donors (Lipinski definition) is 0. The molecule has 1 aromatic rings. The van der Waals surface area contributed by atoms with E-state index in [2.05, 4.69) is 45.1 Å². The average molecular weight is 338 g/mol. The van der Waals surface area contributed by atoms with Gasteiger partial charge in [0.05, 0.1) is 6.61 Å². The van der Waals surface area contributed by atoms with Gasteiger partial charge >= 0.3 is 0 Å². The van der Waals surface area contributed by atoms with Gasteiger partial charge in [0.25, 0.3) is 0 Å². The molecule has 0 amide bonds. The molecule has 0 aromatic heterocycles. The fourth-order valence-corrected chi connectivity index (χ4v) is 3.58. The van der Waals surface area contributed by atoms with Crippen molar-refractivity contribution in [2.24, 2.45) is 0 Å². The minimum atomic E-state index is 0.649. The molecule has 1 unspecified atom stereocenters. The first-order valence-electron chi connectivity index (χ1n) is 7.90. The maximum Gasteiger partial charge on any atom is 0.122 e. The van der Waals surface area contributed by atoms with E-state index in [9.17, 15) is 0 Å². The molecule has 1 fully saturated rings. The molecule has 1 heterocycles. The van der Waals surface area contributed by atoms with Crippen molar-refractivity contribution in [3.8, 4) is 5.75 Å². The van der Waals surface area contributed by atoms with Crippen LogP contribution in [-0.4, -0.2) is 36.0 Å². The lowest BCUT2D eigenvalue weighted by atomic mass is 9.88. The van der Waals surface area contributed by atoms with Gasteiger partial charge < -0.3 is 4.74 Å². The molecule has 0 radical (unpaired) electrons. The molecule has 0 spiro atoms. The van der Waals surface area contributed by atoms with Crippen LogP contribution in [0.2, 0.25) is 0 Å². The molecule has 0 N–H and O–H groups in total. The van der Waals surface area contributed by atoms with E-state index in [1.807, 2.05) is 0 Å². The zero-order chi connectivity index (χ0) is 13.8. The molecule has 3 rings (SSSR count). The van der Waals surface area contributed by atoms with Crippen LogP contribution in [0.4, 0.5) is 0 Å². The van der Waals surface area contributed by atoms with Crippen molar-refractivity contribution >= 4 is 15.9 Å². The van der Waals surface area contributed by atoms with Crippen molar-refractivity contribution in [1.82, 2.24) is 4.90 Å². The van der Waals surface area contributed by atoms with E-state index in [0.717, 1.165) is 30.1 Å². The van der Waals surface area contributed by atoms with Crippen molar-refractivity contribution in [3.63, 3.8) is 0 Å². The van der Waals surface area contributed by atoms with E-state index in [1.54, 1.807) is 0 Å². The topological polar surface area (TPSA) is 12.5 Å². The zero-order valence-corrected chi connectivity index (χ0v) is 13.6. The first kappa shape index (κ1) is 14.4. The van der Waals surface area contributed by atoms with Gasteiger partial charge in [-0.25, -0.2) is 0 Å². The van der Waals surface area contributed by atoms with E-state index in [1.165, 1.54) is 44.3 Å². The van der Waals surface area contributed by atoms with Crippen LogP contribution >= 0.6 is 15.9 Å². The Bertz CT molecular complexity index is 433. The number of benzene rings is 1. The van der Waals surface area contributed by atoms with Crippen molar-refractivity contribution in [2.45, 2.75) is 44.1 Å². The summed E-state index contributed by atoms with van der Waals surface area (Å²) in [5.41, 5.74) is 1.42. The first-order chi connectivity index (χ1) is 9.88. The molecule has 110 valence electrons. The summed E-state index contributed by atoms with van der Waals surface area (Å²) in [5, 5.41) is 1.11. The second kappa shape index (κ2) is 6.95. The SMILES string of the molecule is BrCCCN(CC1CCOc2ccccc21)C1CCC1. The summed E-state index contributed by atoms with van der Waals surface area (Å²) in [4.78, 5) is 2.73. The Labute approximate surface area is 130 Å². The Kier molecular flexibility index (Phi) is 5.00. The predicted octanol–water partition coefficient (Wildman–Crippen LogP) is 4.19. The van der Waals surface area contributed by atoms with Gasteiger partial charge in [-0.3, -0.25) is 4.90 Å². The third-order valence-corrected chi connectivity index (χ3v) is 5.27. The lowest BCUT2D eigenvalue weighted by Crippen LogP contribution is -2.43. The third-order valence-electron chi connectivity index (χ3n) is 4.71. The second-order valence-corrected chi connectivity index (χ2v) is 6.79. The van der Waals surface area contributed by atoms with Crippen LogP contribution in [0.25, 0.3) is 0 Å². The quantitative estimate of drug-likeness (QED) is 0.721. The first-order valence-corrected chi connectivity index (χ1v) is 9.02. The van der Waals surface area contributed by atoms with Gasteiger partial charge in [-0.2, -0.15) is 0 Å². The number of hydrogen-bond acceptors (Lipinski definition) is 2. The highest BCUT2D eigenvalue weighted by atomic mass is 79.9. The summed E-state index contributed by atoms with van der Waals surface area (Å²) in [6, 6.07) is 9.43. The molecule has 2 nitrogen and oxygen atoms in total. The summed E-state index contributed by atoms with van der Waals surface area (Å²) in [7, 11) is 0. The lowest BCUT2D eigenvalue weighted by molar-refractivity contribution is 0.111. The van der Waals surface area contributed by atoms with Crippen LogP contribution in [-0.2, 0) is 0 Å². The van der Waals surface area contributed by atoms with Gasteiger partial charge in [0.1, 0.15) is 5.75 Å². The summed E-state index contributed by atoms with van der Waals surface area (Å²) in [5.74, 6) is 1.76. The van der Waals surface area contributed by atoms with Gasteiger partial charge in [-0.1, -0.05) is 40.5 Å². The Balaban J connectivity index is 1.68. The molecule has 0 bridgehead atoms. The van der Waals surface area contributed by atoms with Crippen LogP contribution < -0.4 is 4.74 Å². The second-order valence-electron chi connectivity index (χ2n) is 5.99. The zero-order valence-electron chi connectivity index (χ0n) is 12.1. The molecule has 1 saturated carbocycles. The number of fused-ring (bicyclic) bond motifs is 1. The van der Waals surface area contributed by atoms with Crippen molar-refractivity contribution in [3.05, 3.63) is 29.8 Å². The fraction of sp³-hybridized carbons (Fsp3) is 0.647. The number of nitrogens with zero attached hydrogens (tertiary/aromatic N) is 1. The van der Waals surface area contributed by atoms with Crippen molar-refractivity contribution in [2.75, 3.05) is 25.0 Å². The van der Waals surface area contributed by atoms with E-state index in [4.69, 9.17) is 4.74 Å². The highest BCUT2D eigenvalue weighted by Gasteiger charge is 2.29. The highest BCUT2D eigenvalue weighted by molar-refractivity contribution is 9.09. The number of rotatable bonds is 6. The minimum Gasteiger partial charge on any atom is -0.493 e. The summed E-state index contributed by atoms with van der Waals surface area (Å²) >= 11 is 3.57. The van der Waals surface area contributed by atoms with E-state index in [0.29, 0.717) is 5.92 Å². The van der Waals surface area contributed by atoms with Gasteiger partial charge in [-0.15, -0.1) is 0 Å². The summed E-state index contributed by atoms with van der Waals surface area (Å²) in [6.07, 6.45) is 6.62. The van der Waals surface area contributed by atoms with Gasteiger partial charge in [-0.05, 0) is 43.9 Å². The number of halogens is 1. The van der Waals surface area contributed by atoms with Gasteiger partial charge in [0.15, 0.2) is 0 Å². The smallest absolute Gasteiger partial charge is 0.122 e. The Morgan fingerprint density at radius 2 is 2.05 bits per heavy atom. The maximum atomic E-state index is 5.79. The van der Waals surface area contributed by atoms with E-state index in [-0.39, 0.29) is 0 Å². The van der Waals surface area contributed by atoms with Crippen molar-refractivity contribution in [1.29, 1.82) is 0 Å². The largest absolute Gasteiger partial charge is 0.493 e. The van der Waals surface area contributed by atoms with Crippen LogP contribution in [0.15, 0.2) is 24.3 Å². The number of para-hydroxylation sites is 1. The van der Waals surface area contributed by atoms with Crippen LogP contribution in [0.5, 0.6) is 5.75 Å². The Morgan fingerprint density at radius 1 is 1.20 bits per heavy atom. The number of ether oxygens (including phenoxy) is 1. The molecule has 20 heavy (non-hydrogen) atoms. The molecule has 1 atom stereocenters. The molecular formula is C17H24BrNO. The molecule has 2 aliphatic rings. The monoisotopic (exact) mass is 337 g/mol. The van der Waals surface area contributed by atoms with E-state index < -0.39 is 0 Å². The lowest BCUT2D eigenvalue weighted by Gasteiger charge is -2.40. The molecule has 1 aliphatic carbocycles. The van der Waals surface area contributed by atoms with Crippen LogP contribution in [0, 0.1) is 0 Å². The minimum absolute atomic E-state index is 0.649. The fourth-order valence-electron chi connectivity index (χ4n) is 3.33. The molecule has 1 aliphatic heterocycles. The van der Waals surface area contributed by atoms with E-state index >= 15 is 0 Å². The molecular weight excluding hydrogens is 314 g/mol. The van der Waals surface area contributed by atoms with Crippen LogP contribution in [0.3, 0.4) is 0 Å². The van der Waals surface area contributed by atoms with Gasteiger partial charge in [0, 0.05) is 23.8 Å². The molecule has 3 heteroatoms. The maximum absolute atomic E-state index is 5.79. The van der Waals surface area contributed by atoms with Crippen LogP contribution in [0.1, 0.15) is 43.6 Å². The normalized spacial score (nSPS) is 22.2. The summed E-state index contributed by atoms with van der Waals surface area (Å²) in [6.45, 7) is 3.31. The summed E-state index contributed by atoms with van der Waals surface area (Å²) < 4.78 is 5.79. The van der Waals surface area contributed by atoms with Crippen molar-refractivity contribution < 1.29 is 4.74 Å². The molecule has 1 aromatic carbocycles. The Hall–Kier alpha value is -0.540. The number of alkyl halides is 1. The third kappa shape index (κ3) is 3.20. The standard InChI is InChI=1S/C17H24BrNO/c18-10-4-11-19(15-5-3-6-15)13-14-9-12-20-17-8-2-1-7-16(14)17/h1-2,7-8,14-15H,3-6,9-13H2. The molecule has 0 saturated heterocycles. The highest BCUT2D eigenvalue weighted by Crippen LogP contribution is 2.35. The van der Waals surface area contributed by atoms with Gasteiger partial charge in [0.2, 0.25) is 0 Å². The Morgan fingerprint density at radius 3 is 2.80 bits per heavy atom. The predicted molar refractivity (Wildman–Crippen MR) is 86.9 cm³/mol.